The number of amides is 1. The molecule has 182 valence electrons. The molecule has 36 heavy (non-hydrogen) atoms. The van der Waals surface area contributed by atoms with Crippen LogP contribution in [-0.4, -0.2) is 39.6 Å². The Morgan fingerprint density at radius 1 is 1.17 bits per heavy atom. The van der Waals surface area contributed by atoms with Crippen LogP contribution in [0.2, 0.25) is 0 Å². The highest BCUT2D eigenvalue weighted by Crippen LogP contribution is 2.52. The lowest BCUT2D eigenvalue weighted by molar-refractivity contribution is -0.123. The van der Waals surface area contributed by atoms with Gasteiger partial charge in [0, 0.05) is 36.9 Å². The van der Waals surface area contributed by atoms with Gasteiger partial charge in [0.1, 0.15) is 5.41 Å². The maximum absolute atomic E-state index is 13.9. The fourth-order valence-corrected chi connectivity index (χ4v) is 6.71. The predicted octanol–water partition coefficient (Wildman–Crippen LogP) is 3.64. The van der Waals surface area contributed by atoms with E-state index in [4.69, 9.17) is 0 Å². The highest BCUT2D eigenvalue weighted by atomic mass is 32.2. The summed E-state index contributed by atoms with van der Waals surface area (Å²) < 4.78 is 30.7. The Morgan fingerprint density at radius 2 is 1.92 bits per heavy atom. The number of hydrogen-bond donors (Lipinski definition) is 0. The third kappa shape index (κ3) is 3.19. The molecule has 9 nitrogen and oxygen atoms in total. The Hall–Kier alpha value is -3.97. The van der Waals surface area contributed by atoms with Crippen LogP contribution >= 0.6 is 0 Å². The lowest BCUT2D eigenvalue weighted by Crippen LogP contribution is -2.35. The van der Waals surface area contributed by atoms with Crippen molar-refractivity contribution in [3.8, 4) is 17.3 Å². The Kier molecular flexibility index (Phi) is 4.85. The number of nitriles is 1. The maximum Gasteiger partial charge on any atom is 0.269 e. The van der Waals surface area contributed by atoms with E-state index in [1.54, 1.807) is 65.4 Å². The quantitative estimate of drug-likeness (QED) is 0.413. The minimum Gasteiger partial charge on any atom is -0.310 e. The monoisotopic (exact) mass is 500 g/mol. The first kappa shape index (κ1) is 22.5. The van der Waals surface area contributed by atoms with E-state index in [0.29, 0.717) is 35.3 Å². The third-order valence-corrected chi connectivity index (χ3v) is 9.04. The number of aryl methyl sites for hydroxylation is 2. The fourth-order valence-electron chi connectivity index (χ4n) is 5.23. The van der Waals surface area contributed by atoms with E-state index in [9.17, 15) is 18.5 Å². The minimum absolute atomic E-state index is 0.0924. The first-order valence-corrected chi connectivity index (χ1v) is 13.3. The van der Waals surface area contributed by atoms with E-state index in [1.165, 1.54) is 10.2 Å². The third-order valence-electron chi connectivity index (χ3n) is 7.32. The summed E-state index contributed by atoms with van der Waals surface area (Å²) in [6, 6.07) is 12.4. The van der Waals surface area contributed by atoms with Crippen molar-refractivity contribution < 1.29 is 13.2 Å². The summed E-state index contributed by atoms with van der Waals surface area (Å²) >= 11 is 0. The second-order valence-electron chi connectivity index (χ2n) is 9.65. The molecule has 1 amide bonds. The molecule has 2 aliphatic rings. The van der Waals surface area contributed by atoms with Crippen LogP contribution in [0.15, 0.2) is 59.9 Å². The molecule has 1 atom stereocenters. The van der Waals surface area contributed by atoms with Crippen LogP contribution < -0.4 is 4.90 Å². The van der Waals surface area contributed by atoms with E-state index in [1.807, 2.05) is 6.92 Å². The number of aromatic nitrogens is 4. The van der Waals surface area contributed by atoms with Crippen molar-refractivity contribution in [3.05, 3.63) is 60.6 Å². The molecule has 1 aliphatic carbocycles. The number of hydrogen-bond acceptors (Lipinski definition) is 6. The van der Waals surface area contributed by atoms with Gasteiger partial charge in [-0.15, -0.1) is 0 Å². The molecule has 4 aromatic rings. The van der Waals surface area contributed by atoms with Crippen molar-refractivity contribution in [3.63, 3.8) is 0 Å². The summed E-state index contributed by atoms with van der Waals surface area (Å²) in [5, 5.41) is 14.7. The van der Waals surface area contributed by atoms with Crippen molar-refractivity contribution in [2.45, 2.75) is 31.1 Å². The second kappa shape index (κ2) is 7.77. The molecule has 1 saturated carbocycles. The van der Waals surface area contributed by atoms with Gasteiger partial charge >= 0.3 is 0 Å². The van der Waals surface area contributed by atoms with Crippen molar-refractivity contribution in [1.29, 1.82) is 5.26 Å². The number of carbonyl (C=O) groups is 1. The van der Waals surface area contributed by atoms with Crippen molar-refractivity contribution in [2.24, 2.45) is 18.4 Å². The second-order valence-corrected chi connectivity index (χ2v) is 11.4. The van der Waals surface area contributed by atoms with E-state index in [-0.39, 0.29) is 22.4 Å². The molecule has 4 heterocycles. The van der Waals surface area contributed by atoms with Crippen LogP contribution in [0.5, 0.6) is 0 Å². The lowest BCUT2D eigenvalue weighted by Gasteiger charge is -2.21. The summed E-state index contributed by atoms with van der Waals surface area (Å²) in [7, 11) is -2.27. The number of fused-ring (bicyclic) bond motifs is 1. The van der Waals surface area contributed by atoms with Gasteiger partial charge in [0.05, 0.1) is 28.5 Å². The number of anilines is 1. The number of nitrogens with zero attached hydrogens (tertiary/aromatic N) is 6. The van der Waals surface area contributed by atoms with E-state index in [0.717, 1.165) is 18.4 Å². The standard InChI is InChI=1S/C26H24N6O3S/c1-17-3-7-20(8-4-17)36(34,35)32-23(18-14-29-30(2)15-18)13-21-22(9-11-28-24(21)32)31-12-10-26(16-27,25(31)33)19-5-6-19/h3-4,7-9,11,13-15,19H,5-6,10,12H2,1-2H3/t26-/m1/s1. The van der Waals surface area contributed by atoms with Crippen LogP contribution in [0, 0.1) is 29.6 Å². The first-order chi connectivity index (χ1) is 17.3. The highest BCUT2D eigenvalue weighted by Gasteiger charge is 2.57. The molecular weight excluding hydrogens is 476 g/mol. The average molecular weight is 501 g/mol. The molecule has 3 aromatic heterocycles. The van der Waals surface area contributed by atoms with E-state index < -0.39 is 15.4 Å². The van der Waals surface area contributed by atoms with Crippen LogP contribution in [0.4, 0.5) is 5.69 Å². The molecule has 2 fully saturated rings. The summed E-state index contributed by atoms with van der Waals surface area (Å²) in [4.78, 5) is 19.8. The van der Waals surface area contributed by atoms with Gasteiger partial charge in [0.25, 0.3) is 10.0 Å². The number of benzene rings is 1. The number of carbonyl (C=O) groups excluding carboxylic acids is 1. The summed E-state index contributed by atoms with van der Waals surface area (Å²) in [5.74, 6) is -0.119. The number of rotatable bonds is 5. The van der Waals surface area contributed by atoms with Gasteiger partial charge in [-0.25, -0.2) is 17.4 Å². The topological polar surface area (TPSA) is 114 Å². The lowest BCUT2D eigenvalue weighted by atomic mass is 9.83. The zero-order valence-electron chi connectivity index (χ0n) is 19.9. The van der Waals surface area contributed by atoms with Gasteiger partial charge < -0.3 is 4.90 Å². The summed E-state index contributed by atoms with van der Waals surface area (Å²) in [6.07, 6.45) is 7.09. The van der Waals surface area contributed by atoms with Crippen LogP contribution in [0.25, 0.3) is 22.3 Å². The van der Waals surface area contributed by atoms with Crippen LogP contribution in [0.1, 0.15) is 24.8 Å². The maximum atomic E-state index is 13.9. The summed E-state index contributed by atoms with van der Waals surface area (Å²) in [6.45, 7) is 2.30. The summed E-state index contributed by atoms with van der Waals surface area (Å²) in [5.41, 5.74) is 1.74. The Labute approximate surface area is 208 Å². The SMILES string of the molecule is Cc1ccc(S(=O)(=O)n2c(-c3cnn(C)c3)cc3c(N4CC[C@@](C#N)(C5CC5)C4=O)ccnc32)cc1. The van der Waals surface area contributed by atoms with E-state index in [2.05, 4.69) is 16.2 Å². The molecule has 10 heteroatoms. The Balaban J connectivity index is 1.58. The molecule has 0 N–H and O–H groups in total. The molecule has 1 aromatic carbocycles. The predicted molar refractivity (Wildman–Crippen MR) is 133 cm³/mol. The molecule has 1 saturated heterocycles. The van der Waals surface area contributed by atoms with Gasteiger partial charge in [-0.05, 0) is 56.4 Å². The smallest absolute Gasteiger partial charge is 0.269 e. The van der Waals surface area contributed by atoms with Crippen molar-refractivity contribution >= 4 is 32.7 Å². The largest absolute Gasteiger partial charge is 0.310 e. The average Bonchev–Trinajstić information content (AvgIpc) is 3.36. The Morgan fingerprint density at radius 3 is 2.56 bits per heavy atom. The number of pyridine rings is 1. The molecule has 0 spiro atoms. The highest BCUT2D eigenvalue weighted by molar-refractivity contribution is 7.90. The van der Waals surface area contributed by atoms with Gasteiger partial charge in [-0.1, -0.05) is 17.7 Å². The van der Waals surface area contributed by atoms with Crippen molar-refractivity contribution in [2.75, 3.05) is 11.4 Å². The minimum atomic E-state index is -4.03. The fraction of sp³-hybridized carbons (Fsp3) is 0.308. The molecule has 0 unspecified atom stereocenters. The normalized spacial score (nSPS) is 20.2. The first-order valence-electron chi connectivity index (χ1n) is 11.8. The van der Waals surface area contributed by atoms with Crippen LogP contribution in [0.3, 0.4) is 0 Å². The van der Waals surface area contributed by atoms with E-state index >= 15 is 0 Å². The molecule has 0 bridgehead atoms. The van der Waals surface area contributed by atoms with Crippen LogP contribution in [-0.2, 0) is 21.9 Å². The van der Waals surface area contributed by atoms with Gasteiger partial charge in [0.2, 0.25) is 5.91 Å². The van der Waals surface area contributed by atoms with Crippen molar-refractivity contribution in [1.82, 2.24) is 18.7 Å². The zero-order valence-corrected chi connectivity index (χ0v) is 20.7. The molecule has 6 rings (SSSR count). The van der Waals surface area contributed by atoms with Gasteiger partial charge in [-0.3, -0.25) is 9.48 Å². The molecule has 0 radical (unpaired) electrons. The zero-order chi connectivity index (χ0) is 25.2. The van der Waals surface area contributed by atoms with Gasteiger partial charge in [0.15, 0.2) is 5.65 Å². The molecule has 1 aliphatic heterocycles. The van der Waals surface area contributed by atoms with Gasteiger partial charge in [-0.2, -0.15) is 10.4 Å². The molecular formula is C26H24N6O3S. The Bertz CT molecular complexity index is 1670.